The van der Waals surface area contributed by atoms with Crippen LogP contribution in [0.4, 0.5) is 13.2 Å². The Morgan fingerprint density at radius 3 is 2.20 bits per heavy atom. The molecule has 128 valence electrons. The molecule has 0 saturated heterocycles. The van der Waals surface area contributed by atoms with Crippen molar-refractivity contribution in [3.63, 3.8) is 0 Å². The van der Waals surface area contributed by atoms with Crippen molar-refractivity contribution in [2.24, 2.45) is 0 Å². The Labute approximate surface area is 148 Å². The van der Waals surface area contributed by atoms with E-state index in [1.165, 1.54) is 0 Å². The predicted octanol–water partition coefficient (Wildman–Crippen LogP) is 5.42. The molecule has 3 rings (SSSR count). The van der Waals surface area contributed by atoms with Crippen molar-refractivity contribution in [1.82, 2.24) is 10.2 Å². The molecule has 6 heteroatoms. The highest BCUT2D eigenvalue weighted by atomic mass is 35.5. The molecule has 0 amide bonds. The predicted molar refractivity (Wildman–Crippen MR) is 91.1 cm³/mol. The topological polar surface area (TPSA) is 25.8 Å². The highest BCUT2D eigenvalue weighted by Gasteiger charge is 2.23. The van der Waals surface area contributed by atoms with E-state index in [4.69, 9.17) is 11.6 Å². The number of benzene rings is 2. The lowest BCUT2D eigenvalue weighted by molar-refractivity contribution is 0.547. The minimum Gasteiger partial charge on any atom is -0.207 e. The normalized spacial score (nSPS) is 11.0. The van der Waals surface area contributed by atoms with Gasteiger partial charge in [0.05, 0.1) is 11.3 Å². The molecule has 2 nitrogen and oxygen atoms in total. The maximum Gasteiger partial charge on any atom is 0.160 e. The molecule has 0 aliphatic heterocycles. The Kier molecular flexibility index (Phi) is 4.77. The van der Waals surface area contributed by atoms with Crippen molar-refractivity contribution in [2.75, 3.05) is 0 Å². The van der Waals surface area contributed by atoms with Crippen LogP contribution in [0.3, 0.4) is 0 Å². The summed E-state index contributed by atoms with van der Waals surface area (Å²) in [6.45, 7) is 3.64. The Hall–Kier alpha value is -2.40. The van der Waals surface area contributed by atoms with Crippen LogP contribution in [0.1, 0.15) is 22.4 Å². The third kappa shape index (κ3) is 3.37. The largest absolute Gasteiger partial charge is 0.207 e. The highest BCUT2D eigenvalue weighted by Crippen LogP contribution is 2.36. The summed E-state index contributed by atoms with van der Waals surface area (Å²) in [7, 11) is 0. The van der Waals surface area contributed by atoms with Crippen LogP contribution in [0, 0.1) is 31.3 Å². The van der Waals surface area contributed by atoms with Gasteiger partial charge < -0.3 is 0 Å². The first-order valence-electron chi connectivity index (χ1n) is 7.59. The van der Waals surface area contributed by atoms with Crippen molar-refractivity contribution >= 4 is 11.6 Å². The smallest absolute Gasteiger partial charge is 0.160 e. The van der Waals surface area contributed by atoms with E-state index in [9.17, 15) is 13.2 Å². The minimum atomic E-state index is -1.03. The summed E-state index contributed by atoms with van der Waals surface area (Å²) in [5, 5.41) is 7.61. The number of aromatic nitrogens is 2. The van der Waals surface area contributed by atoms with Crippen LogP contribution >= 0.6 is 11.6 Å². The molecule has 0 aliphatic rings. The summed E-state index contributed by atoms with van der Waals surface area (Å²) >= 11 is 6.12. The van der Waals surface area contributed by atoms with E-state index in [1.54, 1.807) is 6.92 Å². The van der Waals surface area contributed by atoms with Crippen LogP contribution in [0.15, 0.2) is 36.4 Å². The van der Waals surface area contributed by atoms with Gasteiger partial charge in [-0.25, -0.2) is 13.2 Å². The summed E-state index contributed by atoms with van der Waals surface area (Å²) in [4.78, 5) is 0. The minimum absolute atomic E-state index is 0.104. The number of hydrogen-bond acceptors (Lipinski definition) is 2. The van der Waals surface area contributed by atoms with Crippen LogP contribution in [0.2, 0.25) is 5.15 Å². The zero-order valence-electron chi connectivity index (χ0n) is 13.6. The Morgan fingerprint density at radius 2 is 1.56 bits per heavy atom. The summed E-state index contributed by atoms with van der Waals surface area (Å²) in [5.74, 6) is -3.05. The molecule has 2 aromatic carbocycles. The number of halogens is 4. The Morgan fingerprint density at radius 1 is 0.920 bits per heavy atom. The quantitative estimate of drug-likeness (QED) is 0.621. The number of hydrogen-bond donors (Lipinski definition) is 0. The number of nitrogens with zero attached hydrogens (tertiary/aromatic N) is 2. The van der Waals surface area contributed by atoms with Crippen LogP contribution in [0.5, 0.6) is 0 Å². The third-order valence-corrected chi connectivity index (χ3v) is 4.38. The van der Waals surface area contributed by atoms with Gasteiger partial charge in [0.25, 0.3) is 0 Å². The fraction of sp³-hybridized carbons (Fsp3) is 0.158. The molecule has 0 aliphatic carbocycles. The van der Waals surface area contributed by atoms with Crippen molar-refractivity contribution in [2.45, 2.75) is 20.3 Å². The average molecular weight is 363 g/mol. The van der Waals surface area contributed by atoms with Crippen LogP contribution in [-0.2, 0) is 6.42 Å². The zero-order chi connectivity index (χ0) is 18.1. The van der Waals surface area contributed by atoms with E-state index in [0.717, 1.165) is 11.1 Å². The molecule has 1 heterocycles. The molecule has 3 aromatic rings. The first kappa shape index (κ1) is 17.4. The van der Waals surface area contributed by atoms with Crippen LogP contribution in [-0.4, -0.2) is 10.2 Å². The lowest BCUT2D eigenvalue weighted by atomic mass is 9.93. The van der Waals surface area contributed by atoms with Gasteiger partial charge in [0.1, 0.15) is 17.5 Å². The van der Waals surface area contributed by atoms with Gasteiger partial charge in [-0.3, -0.25) is 0 Å². The van der Waals surface area contributed by atoms with Gasteiger partial charge in [-0.15, -0.1) is 5.10 Å². The second kappa shape index (κ2) is 6.84. The van der Waals surface area contributed by atoms with Gasteiger partial charge in [-0.1, -0.05) is 35.9 Å². The third-order valence-electron chi connectivity index (χ3n) is 4.12. The van der Waals surface area contributed by atoms with Gasteiger partial charge in [-0.2, -0.15) is 5.10 Å². The van der Waals surface area contributed by atoms with Gasteiger partial charge in [0.15, 0.2) is 5.15 Å². The van der Waals surface area contributed by atoms with Crippen molar-refractivity contribution in [3.8, 4) is 11.1 Å². The van der Waals surface area contributed by atoms with E-state index in [-0.39, 0.29) is 10.7 Å². The summed E-state index contributed by atoms with van der Waals surface area (Å²) in [5.41, 5.74) is 2.77. The molecule has 0 atom stereocenters. The fourth-order valence-corrected chi connectivity index (χ4v) is 3.03. The highest BCUT2D eigenvalue weighted by molar-refractivity contribution is 6.32. The van der Waals surface area contributed by atoms with Crippen molar-refractivity contribution in [3.05, 3.63) is 81.4 Å². The monoisotopic (exact) mass is 362 g/mol. The molecule has 25 heavy (non-hydrogen) atoms. The summed E-state index contributed by atoms with van der Waals surface area (Å²) in [6.07, 6.45) is 0.374. The van der Waals surface area contributed by atoms with E-state index >= 15 is 0 Å². The van der Waals surface area contributed by atoms with E-state index in [1.807, 2.05) is 31.2 Å². The molecular formula is C19H14ClF3N2. The van der Waals surface area contributed by atoms with Crippen molar-refractivity contribution in [1.29, 1.82) is 0 Å². The van der Waals surface area contributed by atoms with Crippen LogP contribution in [0.25, 0.3) is 11.1 Å². The standard InChI is InChI=1S/C19H14ClF3N2/c1-10-5-3-4-6-12(10)7-14-11(2)24-25-19(20)17(14)18-15(22)8-13(21)9-16(18)23/h3-6,8-9H,7H2,1-2H3. The molecule has 0 N–H and O–H groups in total. The Balaban J connectivity index is 2.25. The molecule has 1 aromatic heterocycles. The SMILES string of the molecule is Cc1ccccc1Cc1c(C)nnc(Cl)c1-c1c(F)cc(F)cc1F. The molecule has 0 fully saturated rings. The summed E-state index contributed by atoms with van der Waals surface area (Å²) < 4.78 is 41.9. The van der Waals surface area contributed by atoms with Crippen molar-refractivity contribution < 1.29 is 13.2 Å². The van der Waals surface area contributed by atoms with E-state index < -0.39 is 23.0 Å². The molecular weight excluding hydrogens is 349 g/mol. The van der Waals surface area contributed by atoms with E-state index in [2.05, 4.69) is 10.2 Å². The van der Waals surface area contributed by atoms with Gasteiger partial charge in [0, 0.05) is 24.1 Å². The number of rotatable bonds is 3. The molecule has 0 unspecified atom stereocenters. The number of aryl methyl sites for hydroxylation is 2. The zero-order valence-corrected chi connectivity index (χ0v) is 14.3. The lowest BCUT2D eigenvalue weighted by Crippen LogP contribution is -2.05. The second-order valence-corrected chi connectivity index (χ2v) is 6.14. The molecule has 0 radical (unpaired) electrons. The van der Waals surface area contributed by atoms with Gasteiger partial charge in [0.2, 0.25) is 0 Å². The average Bonchev–Trinajstić information content (AvgIpc) is 2.54. The second-order valence-electron chi connectivity index (χ2n) is 5.78. The fourth-order valence-electron chi connectivity index (χ4n) is 2.78. The van der Waals surface area contributed by atoms with Crippen LogP contribution < -0.4 is 0 Å². The first-order valence-corrected chi connectivity index (χ1v) is 7.97. The van der Waals surface area contributed by atoms with Gasteiger partial charge >= 0.3 is 0 Å². The molecule has 0 saturated carbocycles. The Bertz CT molecular complexity index is 934. The first-order chi connectivity index (χ1) is 11.9. The maximum atomic E-state index is 14.3. The lowest BCUT2D eigenvalue weighted by Gasteiger charge is -2.15. The van der Waals surface area contributed by atoms with E-state index in [0.29, 0.717) is 29.8 Å². The summed E-state index contributed by atoms with van der Waals surface area (Å²) in [6, 6.07) is 8.91. The maximum absolute atomic E-state index is 14.3. The molecule has 0 spiro atoms. The van der Waals surface area contributed by atoms with Gasteiger partial charge in [-0.05, 0) is 30.5 Å². The molecule has 0 bridgehead atoms.